The Morgan fingerprint density at radius 3 is 1.64 bits per heavy atom. The summed E-state index contributed by atoms with van der Waals surface area (Å²) in [5.74, 6) is -3.77. The van der Waals surface area contributed by atoms with Crippen molar-refractivity contribution in [3.63, 3.8) is 0 Å². The van der Waals surface area contributed by atoms with E-state index in [1.807, 2.05) is 13.8 Å². The fraction of sp³-hybridized carbons (Fsp3) is 0.750. The van der Waals surface area contributed by atoms with Gasteiger partial charge in [0.1, 0.15) is 18.1 Å². The minimum Gasteiger partial charge on any atom is -0.480 e. The van der Waals surface area contributed by atoms with Crippen LogP contribution in [0.1, 0.15) is 66.2 Å². The first kappa shape index (κ1) is 35.4. The molecule has 0 aromatic heterocycles. The van der Waals surface area contributed by atoms with E-state index in [1.54, 1.807) is 13.8 Å². The molecule has 0 aliphatic heterocycles. The number of nitrogens with one attached hydrogen (secondary N) is 3. The first-order chi connectivity index (χ1) is 18.2. The summed E-state index contributed by atoms with van der Waals surface area (Å²) in [6, 6.07) is -4.11. The molecule has 0 saturated carbocycles. The summed E-state index contributed by atoms with van der Waals surface area (Å²) in [7, 11) is 0. The number of carbonyl (C=O) groups is 4. The van der Waals surface area contributed by atoms with Gasteiger partial charge in [-0.2, -0.15) is 0 Å². The largest absolute Gasteiger partial charge is 0.480 e. The second-order valence-electron chi connectivity index (χ2n) is 9.65. The summed E-state index contributed by atoms with van der Waals surface area (Å²) < 4.78 is 0. The second kappa shape index (κ2) is 18.6. The lowest BCUT2D eigenvalue weighted by Crippen LogP contribution is -2.59. The van der Waals surface area contributed by atoms with Crippen molar-refractivity contribution in [2.24, 2.45) is 50.5 Å². The summed E-state index contributed by atoms with van der Waals surface area (Å²) in [5, 5.41) is 17.5. The van der Waals surface area contributed by atoms with Gasteiger partial charge in [0.2, 0.25) is 17.7 Å². The molecule has 6 unspecified atom stereocenters. The van der Waals surface area contributed by atoms with Gasteiger partial charge in [0.25, 0.3) is 0 Å². The summed E-state index contributed by atoms with van der Waals surface area (Å²) >= 11 is 0. The van der Waals surface area contributed by atoms with E-state index in [0.29, 0.717) is 32.2 Å². The van der Waals surface area contributed by atoms with Gasteiger partial charge in [-0.15, -0.1) is 0 Å². The zero-order valence-corrected chi connectivity index (χ0v) is 23.5. The van der Waals surface area contributed by atoms with Crippen LogP contribution in [-0.4, -0.2) is 78.0 Å². The Bertz CT molecular complexity index is 858. The molecule has 15 nitrogen and oxygen atoms in total. The molecule has 15 heteroatoms. The van der Waals surface area contributed by atoms with Crippen LogP contribution in [-0.2, 0) is 19.2 Å². The average Bonchev–Trinajstić information content (AvgIpc) is 2.87. The SMILES string of the molecule is CCC(C)C(NC(=O)C(NC(=O)C(CCCN=C(N)N)NC(=O)C(N)CCCN=C(N)N)C(C)CC)C(=O)O. The van der Waals surface area contributed by atoms with Crippen molar-refractivity contribution in [2.75, 3.05) is 13.1 Å². The summed E-state index contributed by atoms with van der Waals surface area (Å²) in [4.78, 5) is 58.7. The Kier molecular flexibility index (Phi) is 16.9. The van der Waals surface area contributed by atoms with Crippen LogP contribution in [0.4, 0.5) is 0 Å². The van der Waals surface area contributed by atoms with Gasteiger partial charge >= 0.3 is 5.97 Å². The lowest BCUT2D eigenvalue weighted by Gasteiger charge is -2.29. The Morgan fingerprint density at radius 2 is 1.18 bits per heavy atom. The maximum absolute atomic E-state index is 13.3. The van der Waals surface area contributed by atoms with E-state index in [0.717, 1.165) is 0 Å². The van der Waals surface area contributed by atoms with Crippen LogP contribution < -0.4 is 44.6 Å². The number of amides is 3. The molecular formula is C24H48N10O5. The quantitative estimate of drug-likeness (QED) is 0.0481. The van der Waals surface area contributed by atoms with Crippen molar-refractivity contribution in [3.8, 4) is 0 Å². The van der Waals surface area contributed by atoms with Crippen LogP contribution in [0.3, 0.4) is 0 Å². The van der Waals surface area contributed by atoms with Gasteiger partial charge in [0, 0.05) is 13.1 Å². The topological polar surface area (TPSA) is 279 Å². The number of nitrogens with two attached hydrogens (primary N) is 5. The van der Waals surface area contributed by atoms with Crippen molar-refractivity contribution in [3.05, 3.63) is 0 Å². The van der Waals surface area contributed by atoms with E-state index in [1.165, 1.54) is 0 Å². The number of hydrogen-bond acceptors (Lipinski definition) is 7. The minimum atomic E-state index is -1.16. The highest BCUT2D eigenvalue weighted by atomic mass is 16.4. The highest BCUT2D eigenvalue weighted by Gasteiger charge is 2.33. The predicted octanol–water partition coefficient (Wildman–Crippen LogP) is -1.95. The number of aliphatic carboxylic acids is 1. The molecule has 0 aliphatic carbocycles. The summed E-state index contributed by atoms with van der Waals surface area (Å²) in [5.41, 5.74) is 27.3. The number of rotatable bonds is 19. The molecule has 14 N–H and O–H groups in total. The van der Waals surface area contributed by atoms with E-state index in [2.05, 4.69) is 25.9 Å². The molecule has 0 fully saturated rings. The fourth-order valence-electron chi connectivity index (χ4n) is 3.58. The number of hydrogen-bond donors (Lipinski definition) is 9. The molecule has 0 heterocycles. The van der Waals surface area contributed by atoms with Crippen molar-refractivity contribution in [1.82, 2.24) is 16.0 Å². The highest BCUT2D eigenvalue weighted by Crippen LogP contribution is 2.13. The van der Waals surface area contributed by atoms with E-state index in [9.17, 15) is 24.3 Å². The number of nitrogens with zero attached hydrogens (tertiary/aromatic N) is 2. The normalized spacial score (nSPS) is 15.4. The molecule has 0 saturated heterocycles. The van der Waals surface area contributed by atoms with Gasteiger partial charge in [0.05, 0.1) is 6.04 Å². The van der Waals surface area contributed by atoms with E-state index < -0.39 is 47.9 Å². The zero-order valence-electron chi connectivity index (χ0n) is 23.5. The molecule has 0 aliphatic rings. The molecule has 6 atom stereocenters. The number of carboxylic acids is 1. The molecule has 3 amide bonds. The Morgan fingerprint density at radius 1 is 0.718 bits per heavy atom. The monoisotopic (exact) mass is 556 g/mol. The molecule has 0 bridgehead atoms. The summed E-state index contributed by atoms with van der Waals surface area (Å²) in [6.45, 7) is 7.67. The predicted molar refractivity (Wildman–Crippen MR) is 150 cm³/mol. The van der Waals surface area contributed by atoms with Crippen LogP contribution in [0.15, 0.2) is 9.98 Å². The maximum Gasteiger partial charge on any atom is 0.326 e. The molecule has 0 spiro atoms. The molecule has 39 heavy (non-hydrogen) atoms. The summed E-state index contributed by atoms with van der Waals surface area (Å²) in [6.07, 6.45) is 2.30. The highest BCUT2D eigenvalue weighted by molar-refractivity contribution is 5.94. The first-order valence-corrected chi connectivity index (χ1v) is 13.2. The van der Waals surface area contributed by atoms with Crippen molar-refractivity contribution >= 4 is 35.6 Å². The van der Waals surface area contributed by atoms with Crippen LogP contribution in [0.2, 0.25) is 0 Å². The van der Waals surface area contributed by atoms with Gasteiger partial charge < -0.3 is 49.7 Å². The standard InChI is InChI=1S/C24H48N10O5/c1-5-13(3)17(21(37)34-18(22(38)39)14(4)6-2)33-20(36)16(10-8-12-31-24(28)29)32-19(35)15(25)9-7-11-30-23(26)27/h13-18H,5-12,25H2,1-4H3,(H,32,35)(H,33,36)(H,34,37)(H,38,39)(H4,26,27,30)(H4,28,29,31). The molecule has 0 aromatic rings. The van der Waals surface area contributed by atoms with Crippen LogP contribution in [0.25, 0.3) is 0 Å². The van der Waals surface area contributed by atoms with E-state index >= 15 is 0 Å². The molecule has 0 aromatic carbocycles. The van der Waals surface area contributed by atoms with Gasteiger partial charge in [-0.25, -0.2) is 4.79 Å². The van der Waals surface area contributed by atoms with E-state index in [-0.39, 0.29) is 43.1 Å². The third-order valence-electron chi connectivity index (χ3n) is 6.45. The molecule has 0 rings (SSSR count). The van der Waals surface area contributed by atoms with Gasteiger partial charge in [-0.1, -0.05) is 40.5 Å². The van der Waals surface area contributed by atoms with Gasteiger partial charge in [-0.05, 0) is 37.5 Å². The Hall–Kier alpha value is -3.62. The van der Waals surface area contributed by atoms with Crippen molar-refractivity contribution in [1.29, 1.82) is 0 Å². The van der Waals surface area contributed by atoms with Gasteiger partial charge in [0.15, 0.2) is 11.9 Å². The second-order valence-corrected chi connectivity index (χ2v) is 9.65. The number of aliphatic imine (C=N–C) groups is 2. The smallest absolute Gasteiger partial charge is 0.326 e. The minimum absolute atomic E-state index is 0.0655. The molecular weight excluding hydrogens is 508 g/mol. The third-order valence-corrected chi connectivity index (χ3v) is 6.45. The fourth-order valence-corrected chi connectivity index (χ4v) is 3.58. The van der Waals surface area contributed by atoms with Crippen molar-refractivity contribution < 1.29 is 24.3 Å². The molecule has 0 radical (unpaired) electrons. The first-order valence-electron chi connectivity index (χ1n) is 13.2. The average molecular weight is 557 g/mol. The van der Waals surface area contributed by atoms with Gasteiger partial charge in [-0.3, -0.25) is 24.4 Å². The zero-order chi connectivity index (χ0) is 30.1. The lowest BCUT2D eigenvalue weighted by molar-refractivity contribution is -0.144. The van der Waals surface area contributed by atoms with Crippen LogP contribution in [0, 0.1) is 11.8 Å². The number of carboxylic acid groups (broad SMARTS) is 1. The maximum atomic E-state index is 13.3. The Labute approximate surface area is 230 Å². The van der Waals surface area contributed by atoms with Crippen molar-refractivity contribution in [2.45, 2.75) is 90.4 Å². The molecule has 224 valence electrons. The number of carbonyl (C=O) groups excluding carboxylic acids is 3. The Balaban J connectivity index is 5.65. The lowest BCUT2D eigenvalue weighted by atomic mass is 9.95. The van der Waals surface area contributed by atoms with Crippen LogP contribution in [0.5, 0.6) is 0 Å². The third kappa shape index (κ3) is 14.2. The number of guanidine groups is 2. The van der Waals surface area contributed by atoms with E-state index in [4.69, 9.17) is 28.7 Å². The van der Waals surface area contributed by atoms with Crippen LogP contribution >= 0.6 is 0 Å².